The zero-order valence-corrected chi connectivity index (χ0v) is 14.1. The highest BCUT2D eigenvalue weighted by Crippen LogP contribution is 2.38. The fourth-order valence-electron chi connectivity index (χ4n) is 2.60. The van der Waals surface area contributed by atoms with E-state index in [-0.39, 0.29) is 18.2 Å². The van der Waals surface area contributed by atoms with Crippen LogP contribution in [0.3, 0.4) is 0 Å². The molecule has 0 spiro atoms. The van der Waals surface area contributed by atoms with E-state index in [1.165, 1.54) is 0 Å². The molecular weight excluding hydrogens is 332 g/mol. The molecule has 0 saturated carbocycles. The standard InChI is InChI=1S/C19H16N4O3/c1-2-23-16-6-4-3-5-15(16)18(19(23)25)22-21-17(24)12-26-14-9-7-13(11-20)8-10-14/h3-10,25H,2,12H2,1H3. The molecular formula is C19H16N4O3. The maximum Gasteiger partial charge on any atom is 0.302 e. The molecule has 3 rings (SSSR count). The van der Waals surface area contributed by atoms with Crippen molar-refractivity contribution in [2.75, 3.05) is 6.61 Å². The SMILES string of the molecule is CCn1c(O)c(N=NC(=O)COc2ccc(C#N)cc2)c2ccccc21. The normalized spacial score (nSPS) is 10.9. The second-order valence-electron chi connectivity index (χ2n) is 5.45. The first kappa shape index (κ1) is 17.2. The Morgan fingerprint density at radius 1 is 1.23 bits per heavy atom. The van der Waals surface area contributed by atoms with E-state index in [0.29, 0.717) is 17.9 Å². The van der Waals surface area contributed by atoms with Gasteiger partial charge in [0, 0.05) is 11.9 Å². The van der Waals surface area contributed by atoms with Gasteiger partial charge in [0.15, 0.2) is 12.3 Å². The number of azo groups is 1. The third kappa shape index (κ3) is 3.39. The average molecular weight is 348 g/mol. The van der Waals surface area contributed by atoms with Gasteiger partial charge in [-0.05, 0) is 37.3 Å². The number of amides is 1. The molecule has 1 amide bonds. The molecule has 1 heterocycles. The van der Waals surface area contributed by atoms with Crippen LogP contribution in [0.5, 0.6) is 11.6 Å². The number of aryl methyl sites for hydroxylation is 1. The summed E-state index contributed by atoms with van der Waals surface area (Å²) in [5, 5.41) is 27.4. The molecule has 0 aliphatic rings. The van der Waals surface area contributed by atoms with Crippen molar-refractivity contribution in [2.45, 2.75) is 13.5 Å². The molecule has 7 nitrogen and oxygen atoms in total. The van der Waals surface area contributed by atoms with Gasteiger partial charge in [0.05, 0.1) is 17.1 Å². The Morgan fingerprint density at radius 2 is 1.96 bits per heavy atom. The summed E-state index contributed by atoms with van der Waals surface area (Å²) < 4.78 is 7.02. The number of ether oxygens (including phenoxy) is 1. The van der Waals surface area contributed by atoms with Crippen molar-refractivity contribution in [3.63, 3.8) is 0 Å². The van der Waals surface area contributed by atoms with E-state index < -0.39 is 5.91 Å². The van der Waals surface area contributed by atoms with Crippen molar-refractivity contribution in [3.8, 4) is 17.7 Å². The van der Waals surface area contributed by atoms with E-state index in [0.717, 1.165) is 10.9 Å². The smallest absolute Gasteiger partial charge is 0.302 e. The third-order valence-electron chi connectivity index (χ3n) is 3.84. The zero-order chi connectivity index (χ0) is 18.5. The molecule has 0 saturated heterocycles. The number of aromatic nitrogens is 1. The largest absolute Gasteiger partial charge is 0.493 e. The third-order valence-corrected chi connectivity index (χ3v) is 3.84. The highest BCUT2D eigenvalue weighted by molar-refractivity contribution is 5.95. The number of aromatic hydroxyl groups is 1. The van der Waals surface area contributed by atoms with Crippen molar-refractivity contribution in [2.24, 2.45) is 10.2 Å². The summed E-state index contributed by atoms with van der Waals surface area (Å²) in [4.78, 5) is 11.9. The first-order chi connectivity index (χ1) is 12.6. The lowest BCUT2D eigenvalue weighted by atomic mass is 10.2. The fourth-order valence-corrected chi connectivity index (χ4v) is 2.60. The Hall–Kier alpha value is -3.66. The number of hydrogen-bond donors (Lipinski definition) is 1. The lowest BCUT2D eigenvalue weighted by Crippen LogP contribution is -2.07. The summed E-state index contributed by atoms with van der Waals surface area (Å²) >= 11 is 0. The Kier molecular flexibility index (Phi) is 4.94. The second kappa shape index (κ2) is 7.49. The molecule has 2 aromatic carbocycles. The molecule has 0 radical (unpaired) electrons. The van der Waals surface area contributed by atoms with Gasteiger partial charge in [0.2, 0.25) is 5.88 Å². The van der Waals surface area contributed by atoms with Crippen LogP contribution in [-0.4, -0.2) is 22.2 Å². The minimum Gasteiger partial charge on any atom is -0.493 e. The summed E-state index contributed by atoms with van der Waals surface area (Å²) in [6.45, 7) is 2.18. The van der Waals surface area contributed by atoms with Crippen molar-refractivity contribution >= 4 is 22.5 Å². The number of rotatable bonds is 5. The highest BCUT2D eigenvalue weighted by atomic mass is 16.5. The van der Waals surface area contributed by atoms with E-state index in [1.54, 1.807) is 28.8 Å². The van der Waals surface area contributed by atoms with Crippen LogP contribution in [0.4, 0.5) is 5.69 Å². The first-order valence-electron chi connectivity index (χ1n) is 8.01. The maximum atomic E-state index is 11.9. The van der Waals surface area contributed by atoms with Crippen LogP contribution in [0.2, 0.25) is 0 Å². The lowest BCUT2D eigenvalue weighted by molar-refractivity contribution is -0.120. The maximum absolute atomic E-state index is 11.9. The average Bonchev–Trinajstić information content (AvgIpc) is 2.95. The molecule has 0 atom stereocenters. The Balaban J connectivity index is 1.73. The van der Waals surface area contributed by atoms with Crippen LogP contribution in [0.1, 0.15) is 12.5 Å². The predicted octanol–water partition coefficient (Wildman–Crippen LogP) is 3.93. The van der Waals surface area contributed by atoms with Gasteiger partial charge in [-0.1, -0.05) is 18.2 Å². The van der Waals surface area contributed by atoms with E-state index in [2.05, 4.69) is 10.2 Å². The molecule has 1 N–H and O–H groups in total. The van der Waals surface area contributed by atoms with Crippen LogP contribution in [0.15, 0.2) is 58.8 Å². The minimum atomic E-state index is -0.581. The van der Waals surface area contributed by atoms with Crippen LogP contribution < -0.4 is 4.74 Å². The van der Waals surface area contributed by atoms with Gasteiger partial charge in [-0.2, -0.15) is 5.26 Å². The van der Waals surface area contributed by atoms with Crippen molar-refractivity contribution in [1.29, 1.82) is 5.26 Å². The van der Waals surface area contributed by atoms with E-state index in [9.17, 15) is 9.90 Å². The van der Waals surface area contributed by atoms with Crippen LogP contribution in [-0.2, 0) is 11.3 Å². The Bertz CT molecular complexity index is 1010. The number of nitriles is 1. The van der Waals surface area contributed by atoms with Gasteiger partial charge in [0.25, 0.3) is 0 Å². The molecule has 130 valence electrons. The van der Waals surface area contributed by atoms with E-state index in [1.807, 2.05) is 37.3 Å². The summed E-state index contributed by atoms with van der Waals surface area (Å²) in [5.41, 5.74) is 1.59. The van der Waals surface area contributed by atoms with Crippen LogP contribution in [0, 0.1) is 11.3 Å². The van der Waals surface area contributed by atoms with Gasteiger partial charge >= 0.3 is 5.91 Å². The fraction of sp³-hybridized carbons (Fsp3) is 0.158. The summed E-state index contributed by atoms with van der Waals surface area (Å²) in [5.74, 6) is -0.154. The minimum absolute atomic E-state index is 0.0294. The Morgan fingerprint density at radius 3 is 2.65 bits per heavy atom. The number of nitrogens with zero attached hydrogens (tertiary/aromatic N) is 4. The molecule has 0 fully saturated rings. The van der Waals surface area contributed by atoms with Gasteiger partial charge < -0.3 is 14.4 Å². The Labute approximate surface area is 149 Å². The van der Waals surface area contributed by atoms with Gasteiger partial charge in [0.1, 0.15) is 5.75 Å². The molecule has 7 heteroatoms. The van der Waals surface area contributed by atoms with E-state index in [4.69, 9.17) is 10.00 Å². The zero-order valence-electron chi connectivity index (χ0n) is 14.1. The highest BCUT2D eigenvalue weighted by Gasteiger charge is 2.15. The van der Waals surface area contributed by atoms with Crippen molar-refractivity contribution in [3.05, 3.63) is 54.1 Å². The van der Waals surface area contributed by atoms with Crippen LogP contribution in [0.25, 0.3) is 10.9 Å². The van der Waals surface area contributed by atoms with Crippen molar-refractivity contribution < 1.29 is 14.6 Å². The molecule has 3 aromatic rings. The molecule has 0 aliphatic heterocycles. The molecule has 26 heavy (non-hydrogen) atoms. The number of carbonyl (C=O) groups is 1. The molecule has 0 unspecified atom stereocenters. The molecule has 0 aliphatic carbocycles. The van der Waals surface area contributed by atoms with Gasteiger partial charge in [-0.15, -0.1) is 10.2 Å². The number of carbonyl (C=O) groups excluding carboxylic acids is 1. The number of benzene rings is 2. The van der Waals surface area contributed by atoms with E-state index >= 15 is 0 Å². The summed E-state index contributed by atoms with van der Waals surface area (Å²) in [6.07, 6.45) is 0. The quantitative estimate of drug-likeness (QED) is 0.706. The number of hydrogen-bond acceptors (Lipinski definition) is 5. The van der Waals surface area contributed by atoms with Gasteiger partial charge in [-0.3, -0.25) is 4.79 Å². The van der Waals surface area contributed by atoms with Crippen molar-refractivity contribution in [1.82, 2.24) is 4.57 Å². The summed E-state index contributed by atoms with van der Waals surface area (Å²) in [7, 11) is 0. The second-order valence-corrected chi connectivity index (χ2v) is 5.45. The molecule has 0 bridgehead atoms. The molecule has 1 aromatic heterocycles. The summed E-state index contributed by atoms with van der Waals surface area (Å²) in [6, 6.07) is 15.8. The lowest BCUT2D eigenvalue weighted by Gasteiger charge is -2.02. The monoisotopic (exact) mass is 348 g/mol. The van der Waals surface area contributed by atoms with Crippen LogP contribution >= 0.6 is 0 Å². The van der Waals surface area contributed by atoms with Gasteiger partial charge in [-0.25, -0.2) is 0 Å². The topological polar surface area (TPSA) is 100.0 Å². The predicted molar refractivity (Wildman–Crippen MR) is 95.5 cm³/mol. The number of para-hydroxylation sites is 1. The number of fused-ring (bicyclic) bond motifs is 1. The first-order valence-corrected chi connectivity index (χ1v) is 8.01.